The summed E-state index contributed by atoms with van der Waals surface area (Å²) in [6, 6.07) is 17.9. The molecule has 2 rings (SSSR count). The Morgan fingerprint density at radius 2 is 1.77 bits per heavy atom. The molecule has 0 bridgehead atoms. The van der Waals surface area contributed by atoms with Crippen molar-refractivity contribution >= 4 is 5.91 Å². The lowest BCUT2D eigenvalue weighted by molar-refractivity contribution is -0.121. The Morgan fingerprint density at radius 3 is 2.41 bits per heavy atom. The minimum atomic E-state index is -0.000972. The highest BCUT2D eigenvalue weighted by molar-refractivity contribution is 5.76. The third-order valence-electron chi connectivity index (χ3n) is 3.55. The molecule has 1 atom stereocenters. The van der Waals surface area contributed by atoms with Crippen molar-refractivity contribution in [1.29, 1.82) is 0 Å². The molecule has 0 aliphatic carbocycles. The Balaban J connectivity index is 1.82. The smallest absolute Gasteiger partial charge is 0.220 e. The monoisotopic (exact) mass is 297 g/mol. The number of rotatable bonds is 7. The van der Waals surface area contributed by atoms with Crippen LogP contribution in [-0.4, -0.2) is 12.5 Å². The Hall–Kier alpha value is -2.29. The summed E-state index contributed by atoms with van der Waals surface area (Å²) in [5.41, 5.74) is 2.27. The van der Waals surface area contributed by atoms with Gasteiger partial charge in [0.1, 0.15) is 5.75 Å². The summed E-state index contributed by atoms with van der Waals surface area (Å²) in [6.45, 7) is 4.62. The molecule has 1 amide bonds. The van der Waals surface area contributed by atoms with Gasteiger partial charge in [0.2, 0.25) is 5.91 Å². The van der Waals surface area contributed by atoms with Crippen molar-refractivity contribution in [1.82, 2.24) is 5.32 Å². The second-order valence-electron chi connectivity index (χ2n) is 5.28. The zero-order valence-electron chi connectivity index (χ0n) is 13.2. The number of ether oxygens (including phenoxy) is 1. The van der Waals surface area contributed by atoms with Crippen molar-refractivity contribution in [3.05, 3.63) is 65.7 Å². The van der Waals surface area contributed by atoms with Gasteiger partial charge >= 0.3 is 0 Å². The molecule has 0 aromatic heterocycles. The van der Waals surface area contributed by atoms with Crippen LogP contribution in [0.2, 0.25) is 0 Å². The van der Waals surface area contributed by atoms with Gasteiger partial charge in [-0.05, 0) is 43.5 Å². The van der Waals surface area contributed by atoms with Gasteiger partial charge in [-0.2, -0.15) is 0 Å². The van der Waals surface area contributed by atoms with Crippen LogP contribution in [0.4, 0.5) is 0 Å². The Labute approximate surface area is 132 Å². The van der Waals surface area contributed by atoms with Crippen LogP contribution >= 0.6 is 0 Å². The SMILES string of the molecule is CCOc1ccc([C@@H](C)NC(=O)CCc2ccccc2)cc1. The average Bonchev–Trinajstić information content (AvgIpc) is 2.55. The molecular weight excluding hydrogens is 274 g/mol. The van der Waals surface area contributed by atoms with Gasteiger partial charge in [0.15, 0.2) is 0 Å². The van der Waals surface area contributed by atoms with E-state index in [2.05, 4.69) is 5.32 Å². The van der Waals surface area contributed by atoms with Crippen LogP contribution < -0.4 is 10.1 Å². The van der Waals surface area contributed by atoms with Crippen molar-refractivity contribution in [2.45, 2.75) is 32.7 Å². The quantitative estimate of drug-likeness (QED) is 0.842. The summed E-state index contributed by atoms with van der Waals surface area (Å²) in [7, 11) is 0. The number of hydrogen-bond acceptors (Lipinski definition) is 2. The molecule has 0 unspecified atom stereocenters. The molecule has 2 aromatic rings. The number of benzene rings is 2. The lowest BCUT2D eigenvalue weighted by Crippen LogP contribution is -2.26. The fraction of sp³-hybridized carbons (Fsp3) is 0.316. The third kappa shape index (κ3) is 4.92. The molecule has 116 valence electrons. The molecule has 2 aromatic carbocycles. The minimum absolute atomic E-state index is 0.000972. The van der Waals surface area contributed by atoms with Gasteiger partial charge in [0, 0.05) is 6.42 Å². The van der Waals surface area contributed by atoms with Crippen molar-refractivity contribution in [3.63, 3.8) is 0 Å². The first-order valence-corrected chi connectivity index (χ1v) is 7.75. The van der Waals surface area contributed by atoms with Crippen molar-refractivity contribution in [2.75, 3.05) is 6.61 Å². The summed E-state index contributed by atoms with van der Waals surface area (Å²) in [4.78, 5) is 12.0. The van der Waals surface area contributed by atoms with E-state index in [0.29, 0.717) is 13.0 Å². The lowest BCUT2D eigenvalue weighted by atomic mass is 10.1. The van der Waals surface area contributed by atoms with E-state index in [1.54, 1.807) is 0 Å². The number of aryl methyl sites for hydroxylation is 1. The summed E-state index contributed by atoms with van der Waals surface area (Å²) in [5.74, 6) is 0.930. The molecule has 0 heterocycles. The molecule has 0 saturated carbocycles. The topological polar surface area (TPSA) is 38.3 Å². The second kappa shape index (κ2) is 8.23. The molecule has 0 aliphatic heterocycles. The zero-order chi connectivity index (χ0) is 15.8. The van der Waals surface area contributed by atoms with E-state index in [0.717, 1.165) is 17.7 Å². The van der Waals surface area contributed by atoms with Gasteiger partial charge < -0.3 is 10.1 Å². The summed E-state index contributed by atoms with van der Waals surface area (Å²) in [5, 5.41) is 3.04. The van der Waals surface area contributed by atoms with E-state index in [1.165, 1.54) is 5.56 Å². The first kappa shape index (κ1) is 16.1. The van der Waals surface area contributed by atoms with E-state index >= 15 is 0 Å². The summed E-state index contributed by atoms with van der Waals surface area (Å²) >= 11 is 0. The van der Waals surface area contributed by atoms with Crippen LogP contribution in [0.25, 0.3) is 0 Å². The standard InChI is InChI=1S/C19H23NO2/c1-3-22-18-12-10-17(11-13-18)15(2)20-19(21)14-9-16-7-5-4-6-8-16/h4-8,10-13,15H,3,9,14H2,1-2H3,(H,20,21)/t15-/m1/s1. The lowest BCUT2D eigenvalue weighted by Gasteiger charge is -2.15. The molecule has 1 N–H and O–H groups in total. The van der Waals surface area contributed by atoms with E-state index in [1.807, 2.05) is 68.4 Å². The highest BCUT2D eigenvalue weighted by Crippen LogP contribution is 2.17. The average molecular weight is 297 g/mol. The van der Waals surface area contributed by atoms with E-state index in [4.69, 9.17) is 4.74 Å². The fourth-order valence-electron chi connectivity index (χ4n) is 2.32. The van der Waals surface area contributed by atoms with Gasteiger partial charge in [-0.3, -0.25) is 4.79 Å². The fourth-order valence-corrected chi connectivity index (χ4v) is 2.32. The molecule has 0 saturated heterocycles. The van der Waals surface area contributed by atoms with Crippen LogP contribution in [0.15, 0.2) is 54.6 Å². The maximum Gasteiger partial charge on any atom is 0.220 e. The van der Waals surface area contributed by atoms with Gasteiger partial charge in [-0.15, -0.1) is 0 Å². The zero-order valence-corrected chi connectivity index (χ0v) is 13.2. The van der Waals surface area contributed by atoms with Crippen LogP contribution in [0.5, 0.6) is 5.75 Å². The van der Waals surface area contributed by atoms with Crippen LogP contribution in [0, 0.1) is 0 Å². The second-order valence-corrected chi connectivity index (χ2v) is 5.28. The summed E-state index contributed by atoms with van der Waals surface area (Å²) < 4.78 is 5.42. The predicted molar refractivity (Wildman–Crippen MR) is 88.9 cm³/mol. The Morgan fingerprint density at radius 1 is 1.09 bits per heavy atom. The van der Waals surface area contributed by atoms with Crippen LogP contribution in [-0.2, 0) is 11.2 Å². The van der Waals surface area contributed by atoms with Crippen LogP contribution in [0.1, 0.15) is 37.4 Å². The number of carbonyl (C=O) groups is 1. The number of carbonyl (C=O) groups excluding carboxylic acids is 1. The van der Waals surface area contributed by atoms with Crippen molar-refractivity contribution < 1.29 is 9.53 Å². The maximum atomic E-state index is 12.0. The molecule has 3 heteroatoms. The first-order chi connectivity index (χ1) is 10.7. The Kier molecular flexibility index (Phi) is 6.01. The molecule has 3 nitrogen and oxygen atoms in total. The van der Waals surface area contributed by atoms with Gasteiger partial charge in [0.05, 0.1) is 12.6 Å². The Bertz CT molecular complexity index is 578. The van der Waals surface area contributed by atoms with Crippen LogP contribution in [0.3, 0.4) is 0 Å². The van der Waals surface area contributed by atoms with Gasteiger partial charge in [-0.1, -0.05) is 42.5 Å². The third-order valence-corrected chi connectivity index (χ3v) is 3.55. The highest BCUT2D eigenvalue weighted by atomic mass is 16.5. The molecular formula is C19H23NO2. The minimum Gasteiger partial charge on any atom is -0.494 e. The van der Waals surface area contributed by atoms with Crippen molar-refractivity contribution in [3.8, 4) is 5.75 Å². The number of amides is 1. The first-order valence-electron chi connectivity index (χ1n) is 7.75. The highest BCUT2D eigenvalue weighted by Gasteiger charge is 2.09. The molecule has 0 spiro atoms. The van der Waals surface area contributed by atoms with Gasteiger partial charge in [0.25, 0.3) is 0 Å². The number of nitrogens with one attached hydrogen (secondary N) is 1. The van der Waals surface area contributed by atoms with Crippen molar-refractivity contribution in [2.24, 2.45) is 0 Å². The summed E-state index contributed by atoms with van der Waals surface area (Å²) in [6.07, 6.45) is 1.27. The van der Waals surface area contributed by atoms with E-state index in [-0.39, 0.29) is 11.9 Å². The van der Waals surface area contributed by atoms with Gasteiger partial charge in [-0.25, -0.2) is 0 Å². The predicted octanol–water partition coefficient (Wildman–Crippen LogP) is 3.90. The molecule has 0 radical (unpaired) electrons. The molecule has 0 aliphatic rings. The largest absolute Gasteiger partial charge is 0.494 e. The number of hydrogen-bond donors (Lipinski definition) is 1. The normalized spacial score (nSPS) is 11.7. The molecule has 0 fully saturated rings. The van der Waals surface area contributed by atoms with E-state index < -0.39 is 0 Å². The maximum absolute atomic E-state index is 12.0. The molecule has 22 heavy (non-hydrogen) atoms. The van der Waals surface area contributed by atoms with E-state index in [9.17, 15) is 4.79 Å².